The number of nitrogens with zero attached hydrogens (tertiary/aromatic N) is 1. The highest BCUT2D eigenvalue weighted by Crippen LogP contribution is 2.28. The van der Waals surface area contributed by atoms with E-state index in [2.05, 4.69) is 5.32 Å². The number of anilines is 1. The number of likely N-dealkylation sites (N-methyl/N-ethyl adjacent to an activating group) is 2. The lowest BCUT2D eigenvalue weighted by atomic mass is 10.1. The van der Waals surface area contributed by atoms with Crippen LogP contribution in [-0.4, -0.2) is 37.1 Å². The van der Waals surface area contributed by atoms with Gasteiger partial charge in [-0.25, -0.2) is 4.79 Å². The van der Waals surface area contributed by atoms with E-state index in [9.17, 15) is 9.59 Å². The second-order valence-electron chi connectivity index (χ2n) is 4.15. The lowest BCUT2D eigenvalue weighted by molar-refractivity contribution is -0.131. The molecule has 1 amide bonds. The van der Waals surface area contributed by atoms with E-state index in [0.717, 1.165) is 6.08 Å². The number of carbonyl (C=O) groups is 2. The van der Waals surface area contributed by atoms with Gasteiger partial charge in [0.2, 0.25) is 5.91 Å². The summed E-state index contributed by atoms with van der Waals surface area (Å²) in [4.78, 5) is 23.9. The fourth-order valence-corrected chi connectivity index (χ4v) is 1.96. The summed E-state index contributed by atoms with van der Waals surface area (Å²) in [6, 6.07) is 5.21. The molecule has 0 fully saturated rings. The van der Waals surface area contributed by atoms with Crippen LogP contribution >= 0.6 is 11.6 Å². The number of benzene rings is 1. The molecule has 6 heteroatoms. The summed E-state index contributed by atoms with van der Waals surface area (Å²) in [5, 5.41) is 11.8. The lowest BCUT2D eigenvalue weighted by Gasteiger charge is -2.21. The normalized spacial score (nSPS) is 10.6. The molecular weight excluding hydrogens is 280 g/mol. The van der Waals surface area contributed by atoms with Crippen molar-refractivity contribution in [3.05, 3.63) is 34.9 Å². The first-order chi connectivity index (χ1) is 9.45. The van der Waals surface area contributed by atoms with Crippen LogP contribution in [0.25, 0.3) is 6.08 Å². The van der Waals surface area contributed by atoms with E-state index in [1.54, 1.807) is 30.1 Å². The average molecular weight is 297 g/mol. The zero-order chi connectivity index (χ0) is 15.1. The maximum atomic E-state index is 11.6. The SMILES string of the molecule is CCNC(=O)CN(C)c1cccc(Cl)c1C=CC(=O)O. The number of aliphatic carboxylic acids is 1. The molecule has 2 N–H and O–H groups in total. The molecule has 1 aromatic carbocycles. The molecule has 0 unspecified atom stereocenters. The molecule has 0 radical (unpaired) electrons. The molecule has 0 aliphatic heterocycles. The van der Waals surface area contributed by atoms with Crippen molar-refractivity contribution >= 4 is 35.2 Å². The number of carbonyl (C=O) groups excluding carboxylic acids is 1. The Bertz CT molecular complexity index is 529. The Hall–Kier alpha value is -2.01. The standard InChI is InChI=1S/C14H17ClN2O3/c1-3-16-13(18)9-17(2)12-6-4-5-11(15)10(12)7-8-14(19)20/h4-8H,3,9H2,1-2H3,(H,16,18)(H,19,20). The van der Waals surface area contributed by atoms with Gasteiger partial charge in [0.05, 0.1) is 6.54 Å². The molecule has 0 heterocycles. The van der Waals surface area contributed by atoms with Gasteiger partial charge in [-0.3, -0.25) is 4.79 Å². The minimum Gasteiger partial charge on any atom is -0.478 e. The predicted molar refractivity (Wildman–Crippen MR) is 80.1 cm³/mol. The van der Waals surface area contributed by atoms with Crippen molar-refractivity contribution in [2.24, 2.45) is 0 Å². The Kier molecular flexibility index (Phi) is 6.06. The molecule has 0 aliphatic carbocycles. The Morgan fingerprint density at radius 2 is 2.15 bits per heavy atom. The van der Waals surface area contributed by atoms with E-state index in [0.29, 0.717) is 22.8 Å². The molecule has 0 saturated heterocycles. The largest absolute Gasteiger partial charge is 0.478 e. The molecule has 0 saturated carbocycles. The summed E-state index contributed by atoms with van der Waals surface area (Å²) in [6.07, 6.45) is 2.44. The van der Waals surface area contributed by atoms with Crippen LogP contribution in [0.1, 0.15) is 12.5 Å². The molecule has 1 aromatic rings. The third kappa shape index (κ3) is 4.59. The molecule has 20 heavy (non-hydrogen) atoms. The highest BCUT2D eigenvalue weighted by atomic mass is 35.5. The van der Waals surface area contributed by atoms with Crippen LogP contribution in [0.3, 0.4) is 0 Å². The highest BCUT2D eigenvalue weighted by molar-refractivity contribution is 6.32. The minimum absolute atomic E-state index is 0.108. The molecule has 0 atom stereocenters. The van der Waals surface area contributed by atoms with Gasteiger partial charge >= 0.3 is 5.97 Å². The number of halogens is 1. The van der Waals surface area contributed by atoms with Crippen molar-refractivity contribution in [1.29, 1.82) is 0 Å². The summed E-state index contributed by atoms with van der Waals surface area (Å²) >= 11 is 6.08. The van der Waals surface area contributed by atoms with Gasteiger partial charge < -0.3 is 15.3 Å². The monoisotopic (exact) mass is 296 g/mol. The predicted octanol–water partition coefficient (Wildman–Crippen LogP) is 2.01. The number of rotatable bonds is 6. The first-order valence-electron chi connectivity index (χ1n) is 6.13. The average Bonchev–Trinajstić information content (AvgIpc) is 2.36. The molecular formula is C14H17ClN2O3. The van der Waals surface area contributed by atoms with Crippen molar-refractivity contribution < 1.29 is 14.7 Å². The summed E-state index contributed by atoms with van der Waals surface area (Å²) in [5.74, 6) is -1.16. The van der Waals surface area contributed by atoms with Gasteiger partial charge in [-0.1, -0.05) is 17.7 Å². The number of nitrogens with one attached hydrogen (secondary N) is 1. The van der Waals surface area contributed by atoms with E-state index in [1.165, 1.54) is 6.08 Å². The van der Waals surface area contributed by atoms with E-state index in [-0.39, 0.29) is 12.5 Å². The summed E-state index contributed by atoms with van der Waals surface area (Å²) < 4.78 is 0. The first kappa shape index (κ1) is 16.0. The molecule has 5 nitrogen and oxygen atoms in total. The summed E-state index contributed by atoms with van der Waals surface area (Å²) in [5.41, 5.74) is 1.27. The second-order valence-corrected chi connectivity index (χ2v) is 4.56. The second kappa shape index (κ2) is 7.55. The van der Waals surface area contributed by atoms with Crippen LogP contribution in [0.15, 0.2) is 24.3 Å². The first-order valence-corrected chi connectivity index (χ1v) is 6.50. The molecule has 0 aromatic heterocycles. The third-order valence-corrected chi connectivity index (χ3v) is 2.92. The van der Waals surface area contributed by atoms with E-state index in [4.69, 9.17) is 16.7 Å². The van der Waals surface area contributed by atoms with Gasteiger partial charge in [0.15, 0.2) is 0 Å². The highest BCUT2D eigenvalue weighted by Gasteiger charge is 2.11. The van der Waals surface area contributed by atoms with E-state index < -0.39 is 5.97 Å². The van der Waals surface area contributed by atoms with Crippen LogP contribution in [0.4, 0.5) is 5.69 Å². The van der Waals surface area contributed by atoms with Gasteiger partial charge in [-0.05, 0) is 25.1 Å². The van der Waals surface area contributed by atoms with Crippen molar-refractivity contribution in [2.75, 3.05) is 25.0 Å². The Labute approximate surface area is 122 Å². The maximum Gasteiger partial charge on any atom is 0.328 e. The fourth-order valence-electron chi connectivity index (χ4n) is 1.73. The van der Waals surface area contributed by atoms with Crippen LogP contribution in [0.5, 0.6) is 0 Å². The molecule has 108 valence electrons. The van der Waals surface area contributed by atoms with Crippen molar-refractivity contribution in [2.45, 2.75) is 6.92 Å². The number of hydrogen-bond donors (Lipinski definition) is 2. The van der Waals surface area contributed by atoms with Gasteiger partial charge in [0.25, 0.3) is 0 Å². The quantitative estimate of drug-likeness (QED) is 0.788. The Morgan fingerprint density at radius 3 is 2.75 bits per heavy atom. The fraction of sp³-hybridized carbons (Fsp3) is 0.286. The summed E-state index contributed by atoms with van der Waals surface area (Å²) in [6.45, 7) is 2.58. The smallest absolute Gasteiger partial charge is 0.328 e. The summed E-state index contributed by atoms with van der Waals surface area (Å²) in [7, 11) is 1.75. The number of carboxylic acid groups (broad SMARTS) is 1. The van der Waals surface area contributed by atoms with Crippen LogP contribution in [-0.2, 0) is 9.59 Å². The molecule has 0 bridgehead atoms. The zero-order valence-corrected chi connectivity index (χ0v) is 12.1. The van der Waals surface area contributed by atoms with Gasteiger partial charge in [-0.2, -0.15) is 0 Å². The van der Waals surface area contributed by atoms with E-state index >= 15 is 0 Å². The topological polar surface area (TPSA) is 69.6 Å². The number of carboxylic acids is 1. The van der Waals surface area contributed by atoms with Crippen LogP contribution < -0.4 is 10.2 Å². The van der Waals surface area contributed by atoms with E-state index in [1.807, 2.05) is 6.92 Å². The third-order valence-electron chi connectivity index (χ3n) is 2.59. The van der Waals surface area contributed by atoms with Crippen LogP contribution in [0.2, 0.25) is 5.02 Å². The van der Waals surface area contributed by atoms with Crippen molar-refractivity contribution in [3.63, 3.8) is 0 Å². The zero-order valence-electron chi connectivity index (χ0n) is 11.4. The lowest BCUT2D eigenvalue weighted by Crippen LogP contribution is -2.35. The maximum absolute atomic E-state index is 11.6. The minimum atomic E-state index is -1.05. The van der Waals surface area contributed by atoms with Gasteiger partial charge in [0.1, 0.15) is 0 Å². The Morgan fingerprint density at radius 1 is 1.45 bits per heavy atom. The van der Waals surface area contributed by atoms with Gasteiger partial charge in [-0.15, -0.1) is 0 Å². The molecule has 0 spiro atoms. The number of hydrogen-bond acceptors (Lipinski definition) is 3. The Balaban J connectivity index is 3.01. The van der Waals surface area contributed by atoms with Crippen LogP contribution in [0, 0.1) is 0 Å². The van der Waals surface area contributed by atoms with Gasteiger partial charge in [0, 0.05) is 35.9 Å². The molecule has 1 rings (SSSR count). The van der Waals surface area contributed by atoms with Crippen molar-refractivity contribution in [1.82, 2.24) is 5.32 Å². The van der Waals surface area contributed by atoms with Crippen molar-refractivity contribution in [3.8, 4) is 0 Å². The number of amides is 1. The molecule has 0 aliphatic rings.